The highest BCUT2D eigenvalue weighted by molar-refractivity contribution is 7.22. The molecule has 264 valence electrons. The van der Waals surface area contributed by atoms with Gasteiger partial charge >= 0.3 is 35.8 Å². The lowest BCUT2D eigenvalue weighted by Gasteiger charge is -2.09. The zero-order chi connectivity index (χ0) is 36.2. The molecule has 0 aliphatic carbocycles. The molecule has 0 aliphatic heterocycles. The van der Waals surface area contributed by atoms with Gasteiger partial charge in [-0.25, -0.2) is 9.78 Å². The summed E-state index contributed by atoms with van der Waals surface area (Å²) in [5.74, 6) is -3.32. The van der Waals surface area contributed by atoms with Crippen LogP contribution in [0.3, 0.4) is 0 Å². The number of aromatic nitrogens is 1. The van der Waals surface area contributed by atoms with Crippen LogP contribution < -0.4 is 9.47 Å². The van der Waals surface area contributed by atoms with Crippen LogP contribution in [-0.2, 0) is 47.7 Å². The predicted molar refractivity (Wildman–Crippen MR) is 178 cm³/mol. The van der Waals surface area contributed by atoms with E-state index < -0.39 is 35.8 Å². The van der Waals surface area contributed by atoms with Gasteiger partial charge in [0.25, 0.3) is 0 Å². The Labute approximate surface area is 290 Å². The van der Waals surface area contributed by atoms with E-state index in [9.17, 15) is 28.8 Å². The quantitative estimate of drug-likeness (QED) is 0.0442. The molecule has 50 heavy (non-hydrogen) atoms. The largest absolute Gasteiger partial charge is 0.462 e. The Morgan fingerprint density at radius 3 is 1.94 bits per heavy atom. The molecule has 2 aromatic heterocycles. The summed E-state index contributed by atoms with van der Waals surface area (Å²) in [4.78, 5) is 76.5. The summed E-state index contributed by atoms with van der Waals surface area (Å²) < 4.78 is 37.1. The topological polar surface area (TPSA) is 184 Å². The average molecular weight is 710 g/mol. The van der Waals surface area contributed by atoms with Crippen molar-refractivity contribution in [2.75, 3.05) is 26.4 Å². The Kier molecular flexibility index (Phi) is 13.2. The van der Waals surface area contributed by atoms with E-state index >= 15 is 0 Å². The number of ether oxygens (including phenoxy) is 6. The van der Waals surface area contributed by atoms with Crippen LogP contribution in [0.15, 0.2) is 47.4 Å². The van der Waals surface area contributed by atoms with E-state index in [0.717, 1.165) is 33.9 Å². The molecule has 0 N–H and O–H groups in total. The fourth-order valence-corrected chi connectivity index (χ4v) is 5.48. The van der Waals surface area contributed by atoms with Gasteiger partial charge in [-0.15, -0.1) is 11.3 Å². The van der Waals surface area contributed by atoms with Crippen LogP contribution in [0.5, 0.6) is 11.5 Å². The third-order valence-corrected chi connectivity index (χ3v) is 7.92. The van der Waals surface area contributed by atoms with E-state index in [1.807, 2.05) is 32.0 Å². The number of thiazole rings is 1. The molecule has 0 aliphatic rings. The lowest BCUT2D eigenvalue weighted by Crippen LogP contribution is -2.16. The first-order valence-corrected chi connectivity index (χ1v) is 16.4. The number of carbonyl (C=O) groups is 6. The molecule has 15 heteroatoms. The fraction of sp³-hybridized carbons (Fsp3) is 0.343. The van der Waals surface area contributed by atoms with Gasteiger partial charge in [-0.2, -0.15) is 0 Å². The van der Waals surface area contributed by atoms with Crippen molar-refractivity contribution in [3.8, 4) is 22.3 Å². The predicted octanol–water partition coefficient (Wildman–Crippen LogP) is 5.47. The van der Waals surface area contributed by atoms with Gasteiger partial charge < -0.3 is 32.8 Å². The number of aryl methyl sites for hydroxylation is 2. The van der Waals surface area contributed by atoms with Crippen molar-refractivity contribution in [2.24, 2.45) is 0 Å². The number of hydrogen-bond donors (Lipinski definition) is 0. The third kappa shape index (κ3) is 10.5. The number of furan rings is 1. The second-order valence-electron chi connectivity index (χ2n) is 10.7. The minimum absolute atomic E-state index is 0.0486. The van der Waals surface area contributed by atoms with Crippen molar-refractivity contribution < 1.29 is 61.6 Å². The van der Waals surface area contributed by atoms with Crippen molar-refractivity contribution in [2.45, 2.75) is 52.9 Å². The summed E-state index contributed by atoms with van der Waals surface area (Å²) in [6.45, 7) is 8.25. The molecule has 0 spiro atoms. The summed E-state index contributed by atoms with van der Waals surface area (Å²) in [6.07, 6.45) is -0.00224. The highest BCUT2D eigenvalue weighted by Gasteiger charge is 2.22. The first-order valence-electron chi connectivity index (χ1n) is 15.6. The molecule has 0 saturated heterocycles. The minimum atomic E-state index is -0.751. The van der Waals surface area contributed by atoms with E-state index in [2.05, 4.69) is 11.6 Å². The molecule has 0 bridgehead atoms. The van der Waals surface area contributed by atoms with Crippen molar-refractivity contribution in [1.82, 2.24) is 4.98 Å². The van der Waals surface area contributed by atoms with Gasteiger partial charge in [0.1, 0.15) is 42.2 Å². The molecule has 2 heterocycles. The lowest BCUT2D eigenvalue weighted by atomic mass is 10.1. The van der Waals surface area contributed by atoms with Gasteiger partial charge in [0.15, 0.2) is 22.3 Å². The van der Waals surface area contributed by atoms with Crippen molar-refractivity contribution >= 4 is 68.3 Å². The number of nitrogens with zero attached hydrogens (tertiary/aromatic N) is 1. The lowest BCUT2D eigenvalue weighted by molar-refractivity contribution is -0.153. The third-order valence-electron chi connectivity index (χ3n) is 6.84. The zero-order valence-corrected chi connectivity index (χ0v) is 28.5. The van der Waals surface area contributed by atoms with Gasteiger partial charge in [0.05, 0.1) is 25.7 Å². The summed E-state index contributed by atoms with van der Waals surface area (Å²) in [5, 5.41) is 1.31. The smallest absolute Gasteiger partial charge is 0.330 e. The molecule has 0 radical (unpaired) electrons. The Balaban J connectivity index is 1.47. The molecule has 4 aromatic rings. The van der Waals surface area contributed by atoms with Crippen LogP contribution in [0.1, 0.15) is 50.2 Å². The highest BCUT2D eigenvalue weighted by Crippen LogP contribution is 2.42. The Morgan fingerprint density at radius 1 is 0.760 bits per heavy atom. The fourth-order valence-electron chi connectivity index (χ4n) is 4.49. The van der Waals surface area contributed by atoms with Crippen molar-refractivity contribution in [3.05, 3.63) is 54.1 Å². The summed E-state index contributed by atoms with van der Waals surface area (Å²) in [6, 6.07) is 8.60. The monoisotopic (exact) mass is 709 g/mol. The maximum Gasteiger partial charge on any atom is 0.330 e. The molecular weight excluding hydrogens is 674 g/mol. The average Bonchev–Trinajstić information content (AvgIpc) is 3.73. The summed E-state index contributed by atoms with van der Waals surface area (Å²) in [7, 11) is 0. The van der Waals surface area contributed by atoms with E-state index in [1.165, 1.54) is 12.1 Å². The van der Waals surface area contributed by atoms with Crippen LogP contribution in [0.4, 0.5) is 0 Å². The standard InChI is InChI=1S/C35H35NO13S/c1-5-27(37)43-13-15-45-29(39)9-11-31(41)48-23-7-8-24(49-32(42)12-10-30(40)46-16-14-44-28(38)6-2)34-33(23)36-35(50-34)26-19-22-21(4)17-20(3)18-25(22)47-26/h5,7-8,17-19H,1,6,9-16H2,2-4H3. The summed E-state index contributed by atoms with van der Waals surface area (Å²) >= 11 is 1.14. The Morgan fingerprint density at radius 2 is 1.32 bits per heavy atom. The van der Waals surface area contributed by atoms with Gasteiger partial charge in [0, 0.05) is 17.9 Å². The van der Waals surface area contributed by atoms with E-state index in [-0.39, 0.29) is 75.5 Å². The number of fused-ring (bicyclic) bond motifs is 2. The van der Waals surface area contributed by atoms with Crippen LogP contribution >= 0.6 is 11.3 Å². The van der Waals surface area contributed by atoms with Gasteiger partial charge in [-0.3, -0.25) is 24.0 Å². The Hall–Kier alpha value is -5.57. The van der Waals surface area contributed by atoms with Gasteiger partial charge in [-0.05, 0) is 49.2 Å². The van der Waals surface area contributed by atoms with Crippen LogP contribution in [0.2, 0.25) is 0 Å². The molecule has 0 amide bonds. The second kappa shape index (κ2) is 17.7. The van der Waals surface area contributed by atoms with E-state index in [1.54, 1.807) is 6.92 Å². The molecule has 2 aromatic carbocycles. The van der Waals surface area contributed by atoms with Crippen molar-refractivity contribution in [1.29, 1.82) is 0 Å². The molecule has 14 nitrogen and oxygen atoms in total. The molecule has 0 unspecified atom stereocenters. The molecular formula is C35H35NO13S. The number of carbonyl (C=O) groups excluding carboxylic acids is 6. The Bertz CT molecular complexity index is 1920. The normalized spacial score (nSPS) is 10.8. The van der Waals surface area contributed by atoms with Gasteiger partial charge in [0.2, 0.25) is 0 Å². The molecule has 0 atom stereocenters. The van der Waals surface area contributed by atoms with E-state index in [4.69, 9.17) is 32.8 Å². The maximum absolute atomic E-state index is 12.7. The van der Waals surface area contributed by atoms with Crippen LogP contribution in [0.25, 0.3) is 32.0 Å². The second-order valence-corrected chi connectivity index (χ2v) is 11.7. The number of rotatable bonds is 17. The molecule has 0 fully saturated rings. The number of benzene rings is 2. The maximum atomic E-state index is 12.7. The summed E-state index contributed by atoms with van der Waals surface area (Å²) in [5.41, 5.74) is 2.89. The molecule has 0 saturated carbocycles. The number of esters is 6. The minimum Gasteiger partial charge on any atom is -0.462 e. The molecule has 4 rings (SSSR count). The number of hydrogen-bond acceptors (Lipinski definition) is 15. The van der Waals surface area contributed by atoms with Crippen LogP contribution in [-0.4, -0.2) is 67.2 Å². The zero-order valence-electron chi connectivity index (χ0n) is 27.7. The van der Waals surface area contributed by atoms with Crippen LogP contribution in [0, 0.1) is 13.8 Å². The van der Waals surface area contributed by atoms with Gasteiger partial charge in [-0.1, -0.05) is 19.6 Å². The highest BCUT2D eigenvalue weighted by atomic mass is 32.1. The SMILES string of the molecule is C=CC(=O)OCCOC(=O)CCC(=O)Oc1ccc(OC(=O)CCC(=O)OCCOC(=O)CC)c2sc(-c3cc4c(C)cc(C)cc4o3)nc12. The van der Waals surface area contributed by atoms with Crippen molar-refractivity contribution in [3.63, 3.8) is 0 Å². The first-order chi connectivity index (χ1) is 24.0. The first kappa shape index (κ1) is 37.3. The van der Waals surface area contributed by atoms with E-state index in [0.29, 0.717) is 21.1 Å².